The fourth-order valence-electron chi connectivity index (χ4n) is 1.47. The van der Waals surface area contributed by atoms with E-state index in [1.54, 1.807) is 11.3 Å². The van der Waals surface area contributed by atoms with Crippen molar-refractivity contribution < 1.29 is 5.11 Å². The van der Waals surface area contributed by atoms with Crippen LogP contribution < -0.4 is 10.6 Å². The van der Waals surface area contributed by atoms with Crippen LogP contribution in [0.1, 0.15) is 11.7 Å². The molecule has 2 rings (SSSR count). The Morgan fingerprint density at radius 2 is 2.25 bits per heavy atom. The number of fused-ring (bicyclic) bond motifs is 1. The van der Waals surface area contributed by atoms with E-state index in [0.29, 0.717) is 0 Å². The molecule has 0 aliphatic carbocycles. The fourth-order valence-corrected chi connectivity index (χ4v) is 2.34. The highest BCUT2D eigenvalue weighted by Gasteiger charge is 2.09. The molecule has 1 aromatic carbocycles. The Bertz CT molecular complexity index is 495. The second-order valence-corrected chi connectivity index (χ2v) is 4.88. The molecule has 2 aromatic rings. The van der Waals surface area contributed by atoms with Crippen LogP contribution in [0.25, 0.3) is 10.2 Å². The highest BCUT2D eigenvalue weighted by atomic mass is 32.1. The van der Waals surface area contributed by atoms with Gasteiger partial charge in [0.25, 0.3) is 0 Å². The Morgan fingerprint density at radius 1 is 1.50 bits per heavy atom. The summed E-state index contributed by atoms with van der Waals surface area (Å²) >= 11 is 1.64. The number of thiazole rings is 1. The Balaban J connectivity index is 2.45. The molecule has 3 N–H and O–H groups in total. The van der Waals surface area contributed by atoms with E-state index >= 15 is 0 Å². The third-order valence-corrected chi connectivity index (χ3v) is 3.60. The minimum atomic E-state index is -0.603. The number of hydrogen-bond donors (Lipinski definition) is 2. The van der Waals surface area contributed by atoms with Crippen molar-refractivity contribution >= 4 is 26.7 Å². The van der Waals surface area contributed by atoms with Crippen LogP contribution in [0.3, 0.4) is 0 Å². The summed E-state index contributed by atoms with van der Waals surface area (Å²) in [6.07, 6.45) is -0.603. The van der Waals surface area contributed by atoms with Crippen LogP contribution >= 0.6 is 11.3 Å². The minimum absolute atomic E-state index is 0.232. The largest absolute Gasteiger partial charge is 0.387 e. The van der Waals surface area contributed by atoms with Gasteiger partial charge in [0, 0.05) is 20.6 Å². The van der Waals surface area contributed by atoms with Crippen molar-refractivity contribution in [1.82, 2.24) is 4.98 Å². The summed E-state index contributed by atoms with van der Waals surface area (Å²) in [5, 5.41) is 10.6. The molecule has 0 amide bonds. The Morgan fingerprint density at radius 3 is 2.88 bits per heavy atom. The van der Waals surface area contributed by atoms with Crippen LogP contribution in [-0.4, -0.2) is 30.7 Å². The third kappa shape index (κ3) is 2.02. The zero-order valence-corrected chi connectivity index (χ0v) is 10.2. The molecular weight excluding hydrogens is 222 g/mol. The van der Waals surface area contributed by atoms with Gasteiger partial charge in [0.05, 0.1) is 16.3 Å². The van der Waals surface area contributed by atoms with E-state index in [9.17, 15) is 5.11 Å². The molecule has 1 unspecified atom stereocenters. The van der Waals surface area contributed by atoms with Gasteiger partial charge in [0.1, 0.15) is 0 Å². The average Bonchev–Trinajstić information content (AvgIpc) is 2.70. The molecule has 1 aromatic heterocycles. The van der Waals surface area contributed by atoms with E-state index in [4.69, 9.17) is 5.73 Å². The molecule has 1 atom stereocenters. The van der Waals surface area contributed by atoms with Crippen molar-refractivity contribution in [3.63, 3.8) is 0 Å². The number of aliphatic hydroxyl groups excluding tert-OH is 1. The topological polar surface area (TPSA) is 62.4 Å². The molecule has 0 aliphatic heterocycles. The van der Waals surface area contributed by atoms with Gasteiger partial charge in [-0.3, -0.25) is 0 Å². The summed E-state index contributed by atoms with van der Waals surface area (Å²) in [6.45, 7) is 0.232. The van der Waals surface area contributed by atoms with Crippen LogP contribution in [-0.2, 0) is 0 Å². The monoisotopic (exact) mass is 237 g/mol. The first kappa shape index (κ1) is 11.3. The van der Waals surface area contributed by atoms with Gasteiger partial charge in [-0.2, -0.15) is 0 Å². The zero-order valence-electron chi connectivity index (χ0n) is 9.34. The van der Waals surface area contributed by atoms with E-state index in [1.807, 2.05) is 37.2 Å². The maximum Gasteiger partial charge on any atom is 0.185 e. The molecule has 16 heavy (non-hydrogen) atoms. The number of aliphatic hydroxyl groups is 1. The molecule has 0 aliphatic rings. The maximum atomic E-state index is 9.64. The lowest BCUT2D eigenvalue weighted by Gasteiger charge is -2.06. The normalized spacial score (nSPS) is 13.0. The lowest BCUT2D eigenvalue weighted by atomic mass is 10.1. The quantitative estimate of drug-likeness (QED) is 0.846. The number of anilines is 1. The second-order valence-electron chi connectivity index (χ2n) is 3.87. The standard InChI is InChI=1S/C11H15N3OS/c1-14(2)11-13-8-5-7(9(15)6-12)3-4-10(8)16-11/h3-5,9,15H,6,12H2,1-2H3. The van der Waals surface area contributed by atoms with Crippen molar-refractivity contribution in [2.45, 2.75) is 6.10 Å². The van der Waals surface area contributed by atoms with E-state index in [0.717, 1.165) is 20.9 Å². The van der Waals surface area contributed by atoms with Gasteiger partial charge < -0.3 is 15.7 Å². The van der Waals surface area contributed by atoms with Crippen LogP contribution in [0.4, 0.5) is 5.13 Å². The molecule has 0 radical (unpaired) electrons. The first-order valence-corrected chi connectivity index (χ1v) is 5.89. The summed E-state index contributed by atoms with van der Waals surface area (Å²) in [4.78, 5) is 6.46. The van der Waals surface area contributed by atoms with Gasteiger partial charge >= 0.3 is 0 Å². The van der Waals surface area contributed by atoms with Gasteiger partial charge in [-0.15, -0.1) is 0 Å². The molecule has 0 saturated heterocycles. The Kier molecular flexibility index (Phi) is 3.09. The summed E-state index contributed by atoms with van der Waals surface area (Å²) < 4.78 is 1.12. The molecule has 86 valence electrons. The van der Waals surface area contributed by atoms with Crippen molar-refractivity contribution in [2.75, 3.05) is 25.5 Å². The van der Waals surface area contributed by atoms with Crippen molar-refractivity contribution in [3.05, 3.63) is 23.8 Å². The van der Waals surface area contributed by atoms with E-state index in [-0.39, 0.29) is 6.54 Å². The van der Waals surface area contributed by atoms with Gasteiger partial charge in [0.2, 0.25) is 0 Å². The van der Waals surface area contributed by atoms with Crippen molar-refractivity contribution in [3.8, 4) is 0 Å². The minimum Gasteiger partial charge on any atom is -0.387 e. The number of nitrogens with zero attached hydrogens (tertiary/aromatic N) is 2. The SMILES string of the molecule is CN(C)c1nc2cc(C(O)CN)ccc2s1. The van der Waals surface area contributed by atoms with Crippen molar-refractivity contribution in [1.29, 1.82) is 0 Å². The number of aromatic nitrogens is 1. The Hall–Kier alpha value is -1.17. The van der Waals surface area contributed by atoms with Crippen LogP contribution in [0.5, 0.6) is 0 Å². The summed E-state index contributed by atoms with van der Waals surface area (Å²) in [6, 6.07) is 5.78. The summed E-state index contributed by atoms with van der Waals surface area (Å²) in [5.74, 6) is 0. The number of nitrogens with two attached hydrogens (primary N) is 1. The highest BCUT2D eigenvalue weighted by Crippen LogP contribution is 2.29. The van der Waals surface area contributed by atoms with Gasteiger partial charge in [0.15, 0.2) is 5.13 Å². The van der Waals surface area contributed by atoms with Crippen LogP contribution in [0, 0.1) is 0 Å². The molecular formula is C11H15N3OS. The van der Waals surface area contributed by atoms with Crippen molar-refractivity contribution in [2.24, 2.45) is 5.73 Å². The number of hydrogen-bond acceptors (Lipinski definition) is 5. The van der Waals surface area contributed by atoms with E-state index in [1.165, 1.54) is 0 Å². The molecule has 0 fully saturated rings. The zero-order chi connectivity index (χ0) is 11.7. The lowest BCUT2D eigenvalue weighted by molar-refractivity contribution is 0.187. The number of benzene rings is 1. The van der Waals surface area contributed by atoms with Gasteiger partial charge in [-0.1, -0.05) is 17.4 Å². The molecule has 0 bridgehead atoms. The van der Waals surface area contributed by atoms with E-state index in [2.05, 4.69) is 4.98 Å². The van der Waals surface area contributed by atoms with Gasteiger partial charge in [-0.25, -0.2) is 4.98 Å². The fraction of sp³-hybridized carbons (Fsp3) is 0.364. The predicted molar refractivity (Wildman–Crippen MR) is 68.0 cm³/mol. The summed E-state index contributed by atoms with van der Waals surface area (Å²) in [5.41, 5.74) is 7.17. The molecule has 0 spiro atoms. The lowest BCUT2D eigenvalue weighted by Crippen LogP contribution is -2.11. The predicted octanol–water partition coefficient (Wildman–Crippen LogP) is 1.35. The molecule has 0 saturated carbocycles. The molecule has 5 heteroatoms. The summed E-state index contributed by atoms with van der Waals surface area (Å²) in [7, 11) is 3.93. The Labute approximate surface area is 98.3 Å². The maximum absolute atomic E-state index is 9.64. The highest BCUT2D eigenvalue weighted by molar-refractivity contribution is 7.22. The van der Waals surface area contributed by atoms with Gasteiger partial charge in [-0.05, 0) is 17.7 Å². The van der Waals surface area contributed by atoms with E-state index < -0.39 is 6.10 Å². The number of rotatable bonds is 3. The first-order valence-electron chi connectivity index (χ1n) is 5.07. The average molecular weight is 237 g/mol. The molecule has 1 heterocycles. The first-order chi connectivity index (χ1) is 7.61. The van der Waals surface area contributed by atoms with Crippen LogP contribution in [0.2, 0.25) is 0 Å². The van der Waals surface area contributed by atoms with Crippen LogP contribution in [0.15, 0.2) is 18.2 Å². The molecule has 4 nitrogen and oxygen atoms in total. The second kappa shape index (κ2) is 4.37. The third-order valence-electron chi connectivity index (χ3n) is 2.39. The smallest absolute Gasteiger partial charge is 0.185 e.